The number of hydrogen-bond acceptors (Lipinski definition) is 6. The Labute approximate surface area is 123 Å². The number of hydrogen-bond donors (Lipinski definition) is 1. The smallest absolute Gasteiger partial charge is 0.226 e. The number of anilines is 1. The topological polar surface area (TPSA) is 47.0 Å². The fourth-order valence-electron chi connectivity index (χ4n) is 1.78. The molecule has 1 unspecified atom stereocenters. The van der Waals surface area contributed by atoms with Gasteiger partial charge in [-0.05, 0) is 20.8 Å². The van der Waals surface area contributed by atoms with E-state index in [-0.39, 0.29) is 6.10 Å². The summed E-state index contributed by atoms with van der Waals surface area (Å²) in [4.78, 5) is 8.80. The minimum absolute atomic E-state index is 0.132. The molecule has 19 heavy (non-hydrogen) atoms. The molecule has 0 spiro atoms. The van der Waals surface area contributed by atoms with Crippen molar-refractivity contribution in [2.45, 2.75) is 32.1 Å². The average Bonchev–Trinajstić information content (AvgIpc) is 2.36. The highest BCUT2D eigenvalue weighted by atomic mass is 32.2. The van der Waals surface area contributed by atoms with E-state index in [1.165, 1.54) is 17.3 Å². The van der Waals surface area contributed by atoms with Crippen LogP contribution in [0.3, 0.4) is 0 Å². The van der Waals surface area contributed by atoms with Gasteiger partial charge in [-0.1, -0.05) is 0 Å². The van der Waals surface area contributed by atoms with Crippen LogP contribution in [0.5, 0.6) is 5.88 Å². The van der Waals surface area contributed by atoms with Gasteiger partial charge in [0.25, 0.3) is 0 Å². The lowest BCUT2D eigenvalue weighted by atomic mass is 10.4. The molecule has 0 radical (unpaired) electrons. The Hall–Kier alpha value is -0.620. The molecule has 106 valence electrons. The van der Waals surface area contributed by atoms with Gasteiger partial charge in [-0.25, -0.2) is 4.98 Å². The Bertz CT molecular complexity index is 409. The molecule has 6 heteroatoms. The van der Waals surface area contributed by atoms with Crippen molar-refractivity contribution in [1.29, 1.82) is 0 Å². The third-order valence-electron chi connectivity index (χ3n) is 2.56. The van der Waals surface area contributed by atoms with E-state index < -0.39 is 0 Å². The highest BCUT2D eigenvalue weighted by molar-refractivity contribution is 8.06. The molecule has 1 aliphatic rings. The van der Waals surface area contributed by atoms with Crippen LogP contribution in [0.15, 0.2) is 6.07 Å². The van der Waals surface area contributed by atoms with Gasteiger partial charge in [0.15, 0.2) is 0 Å². The van der Waals surface area contributed by atoms with Gasteiger partial charge in [0, 0.05) is 40.8 Å². The van der Waals surface area contributed by atoms with E-state index in [0.29, 0.717) is 17.1 Å². The van der Waals surface area contributed by atoms with E-state index in [4.69, 9.17) is 4.74 Å². The summed E-state index contributed by atoms with van der Waals surface area (Å²) in [5, 5.41) is 3.98. The zero-order valence-corrected chi connectivity index (χ0v) is 13.3. The van der Waals surface area contributed by atoms with E-state index in [9.17, 15) is 0 Å². The van der Waals surface area contributed by atoms with Crippen LogP contribution in [0.2, 0.25) is 0 Å². The van der Waals surface area contributed by atoms with E-state index >= 15 is 0 Å². The first kappa shape index (κ1) is 14.8. The first-order valence-electron chi connectivity index (χ1n) is 6.59. The third kappa shape index (κ3) is 5.10. The quantitative estimate of drug-likeness (QED) is 0.902. The van der Waals surface area contributed by atoms with Gasteiger partial charge in [0.2, 0.25) is 11.8 Å². The first-order valence-corrected chi connectivity index (χ1v) is 8.79. The second-order valence-corrected chi connectivity index (χ2v) is 7.34. The Morgan fingerprint density at radius 2 is 2.26 bits per heavy atom. The Kier molecular flexibility index (Phi) is 5.63. The van der Waals surface area contributed by atoms with Gasteiger partial charge in [-0.2, -0.15) is 28.5 Å². The van der Waals surface area contributed by atoms with Crippen LogP contribution in [0.4, 0.5) is 5.95 Å². The molecule has 0 bridgehead atoms. The van der Waals surface area contributed by atoms with Gasteiger partial charge < -0.3 is 10.1 Å². The number of thioether (sulfide) groups is 2. The summed E-state index contributed by atoms with van der Waals surface area (Å²) in [6, 6.07) is 1.87. The van der Waals surface area contributed by atoms with Crippen molar-refractivity contribution in [3.63, 3.8) is 0 Å². The molecule has 1 aromatic rings. The fourth-order valence-corrected chi connectivity index (χ4v) is 4.39. The Morgan fingerprint density at radius 3 is 2.95 bits per heavy atom. The van der Waals surface area contributed by atoms with Crippen molar-refractivity contribution in [3.05, 3.63) is 11.8 Å². The van der Waals surface area contributed by atoms with Crippen LogP contribution in [-0.4, -0.2) is 45.1 Å². The summed E-state index contributed by atoms with van der Waals surface area (Å²) in [7, 11) is 0. The molecule has 1 saturated heterocycles. The lowest BCUT2D eigenvalue weighted by Crippen LogP contribution is -2.24. The summed E-state index contributed by atoms with van der Waals surface area (Å²) in [5.74, 6) is 5.04. The van der Waals surface area contributed by atoms with E-state index in [0.717, 1.165) is 12.2 Å². The van der Waals surface area contributed by atoms with Gasteiger partial charge in [-0.3, -0.25) is 0 Å². The monoisotopic (exact) mass is 299 g/mol. The lowest BCUT2D eigenvalue weighted by molar-refractivity contribution is 0.232. The van der Waals surface area contributed by atoms with Crippen molar-refractivity contribution in [2.75, 3.05) is 29.1 Å². The maximum absolute atomic E-state index is 5.63. The molecule has 0 saturated carbocycles. The normalized spacial score (nSPS) is 19.5. The number of rotatable bonds is 5. The summed E-state index contributed by atoms with van der Waals surface area (Å²) in [5.41, 5.74) is 0.929. The average molecular weight is 299 g/mol. The van der Waals surface area contributed by atoms with Crippen LogP contribution in [0, 0.1) is 6.92 Å². The number of aryl methyl sites for hydroxylation is 1. The SMILES string of the molecule is Cc1cc(OC(C)C)nc(NCC2CSCCS2)n1. The summed E-state index contributed by atoms with van der Waals surface area (Å²) in [6.07, 6.45) is 0.132. The minimum Gasteiger partial charge on any atom is -0.475 e. The van der Waals surface area contributed by atoms with E-state index in [2.05, 4.69) is 15.3 Å². The Balaban J connectivity index is 1.93. The van der Waals surface area contributed by atoms with E-state index in [1.54, 1.807) is 0 Å². The largest absolute Gasteiger partial charge is 0.475 e. The zero-order chi connectivity index (χ0) is 13.7. The number of nitrogens with one attached hydrogen (secondary N) is 1. The number of aromatic nitrogens is 2. The zero-order valence-electron chi connectivity index (χ0n) is 11.7. The van der Waals surface area contributed by atoms with E-state index in [1.807, 2.05) is 50.4 Å². The van der Waals surface area contributed by atoms with Crippen molar-refractivity contribution in [2.24, 2.45) is 0 Å². The molecule has 1 aliphatic heterocycles. The Morgan fingerprint density at radius 1 is 1.42 bits per heavy atom. The van der Waals surface area contributed by atoms with Gasteiger partial charge in [-0.15, -0.1) is 0 Å². The summed E-state index contributed by atoms with van der Waals surface area (Å²) in [6.45, 7) is 6.88. The van der Waals surface area contributed by atoms with Gasteiger partial charge >= 0.3 is 0 Å². The highest BCUT2D eigenvalue weighted by Gasteiger charge is 2.14. The third-order valence-corrected chi connectivity index (χ3v) is 5.40. The molecule has 2 heterocycles. The summed E-state index contributed by atoms with van der Waals surface area (Å²) < 4.78 is 5.63. The second kappa shape index (κ2) is 7.24. The van der Waals surface area contributed by atoms with Crippen molar-refractivity contribution in [1.82, 2.24) is 9.97 Å². The van der Waals surface area contributed by atoms with Crippen molar-refractivity contribution in [3.8, 4) is 5.88 Å². The molecule has 0 aliphatic carbocycles. The van der Waals surface area contributed by atoms with Crippen LogP contribution in [0.25, 0.3) is 0 Å². The maximum atomic E-state index is 5.63. The fraction of sp³-hybridized carbons (Fsp3) is 0.692. The van der Waals surface area contributed by atoms with Gasteiger partial charge in [0.05, 0.1) is 6.10 Å². The maximum Gasteiger partial charge on any atom is 0.226 e. The molecular weight excluding hydrogens is 278 g/mol. The molecule has 0 aromatic carbocycles. The highest BCUT2D eigenvalue weighted by Crippen LogP contribution is 2.24. The summed E-state index contributed by atoms with van der Waals surface area (Å²) >= 11 is 4.06. The molecule has 1 N–H and O–H groups in total. The predicted molar refractivity (Wildman–Crippen MR) is 84.6 cm³/mol. The van der Waals surface area contributed by atoms with Crippen molar-refractivity contribution >= 4 is 29.5 Å². The minimum atomic E-state index is 0.132. The number of ether oxygens (including phenoxy) is 1. The van der Waals surface area contributed by atoms with Crippen LogP contribution in [-0.2, 0) is 0 Å². The molecule has 0 amide bonds. The standard InChI is InChI=1S/C13H21N3OS2/c1-9(2)17-12-6-10(3)15-13(16-12)14-7-11-8-18-4-5-19-11/h6,9,11H,4-5,7-8H2,1-3H3,(H,14,15,16). The second-order valence-electron chi connectivity index (χ2n) is 4.79. The molecule has 1 atom stereocenters. The van der Waals surface area contributed by atoms with Crippen LogP contribution < -0.4 is 10.1 Å². The predicted octanol–water partition coefficient (Wildman–Crippen LogP) is 2.83. The molecular formula is C13H21N3OS2. The first-order chi connectivity index (χ1) is 9.13. The van der Waals surface area contributed by atoms with Crippen LogP contribution >= 0.6 is 23.5 Å². The number of nitrogens with zero attached hydrogens (tertiary/aromatic N) is 2. The lowest BCUT2D eigenvalue weighted by Gasteiger charge is -2.21. The van der Waals surface area contributed by atoms with Gasteiger partial charge in [0.1, 0.15) is 0 Å². The molecule has 4 nitrogen and oxygen atoms in total. The molecule has 2 rings (SSSR count). The molecule has 1 aromatic heterocycles. The molecule has 1 fully saturated rings. The van der Waals surface area contributed by atoms with Crippen molar-refractivity contribution < 1.29 is 4.74 Å². The van der Waals surface area contributed by atoms with Crippen LogP contribution in [0.1, 0.15) is 19.5 Å².